The van der Waals surface area contributed by atoms with Gasteiger partial charge in [0.2, 0.25) is 11.9 Å². The monoisotopic (exact) mass is 432 g/mol. The van der Waals surface area contributed by atoms with Gasteiger partial charge in [0.15, 0.2) is 0 Å². The van der Waals surface area contributed by atoms with Gasteiger partial charge in [-0.1, -0.05) is 6.07 Å². The van der Waals surface area contributed by atoms with Crippen LogP contribution in [0, 0.1) is 0 Å². The van der Waals surface area contributed by atoms with Crippen LogP contribution in [0.2, 0.25) is 0 Å². The molecule has 2 aromatic rings. The van der Waals surface area contributed by atoms with Crippen molar-refractivity contribution in [3.63, 3.8) is 0 Å². The normalized spacial score (nSPS) is 22.3. The Balaban J connectivity index is 1.41. The van der Waals surface area contributed by atoms with Crippen LogP contribution in [0.15, 0.2) is 24.4 Å². The number of anilines is 3. The Hall–Kier alpha value is -2.88. The number of amides is 1. The molecule has 3 heterocycles. The van der Waals surface area contributed by atoms with Gasteiger partial charge in [-0.3, -0.25) is 4.79 Å². The molecule has 1 aromatic carbocycles. The summed E-state index contributed by atoms with van der Waals surface area (Å²) < 4.78 is 40.1. The third kappa shape index (κ3) is 3.48. The molecule has 1 amide bonds. The highest BCUT2D eigenvalue weighted by molar-refractivity contribution is 5.81. The lowest BCUT2D eigenvalue weighted by molar-refractivity contribution is -0.137. The fourth-order valence-electron chi connectivity index (χ4n) is 4.75. The van der Waals surface area contributed by atoms with Crippen LogP contribution >= 0.6 is 0 Å². The molecule has 4 N–H and O–H groups in total. The lowest BCUT2D eigenvalue weighted by atomic mass is 9.91. The van der Waals surface area contributed by atoms with Gasteiger partial charge in [0.05, 0.1) is 18.6 Å². The van der Waals surface area contributed by atoms with Crippen molar-refractivity contribution >= 4 is 23.4 Å². The summed E-state index contributed by atoms with van der Waals surface area (Å²) in [6, 6.07) is 5.76. The zero-order valence-corrected chi connectivity index (χ0v) is 16.7. The van der Waals surface area contributed by atoms with Gasteiger partial charge in [-0.2, -0.15) is 18.2 Å². The molecule has 10 heteroatoms. The van der Waals surface area contributed by atoms with Gasteiger partial charge < -0.3 is 21.3 Å². The Labute approximate surface area is 177 Å². The third-order valence-electron chi connectivity index (χ3n) is 6.45. The minimum absolute atomic E-state index is 0.00506. The van der Waals surface area contributed by atoms with E-state index in [4.69, 9.17) is 5.73 Å². The number of hydrogen-bond donors (Lipinski definition) is 3. The standard InChI is InChI=1S/C21H23F3N6O/c22-21(23,24)15-10-26-20(29-19(15)27-11-2-1-3-11)28-12-4-5-13-14(8-12)17-7-6-16(13)30(17)18(31)9-25/h4-5,8,10-11,16-17H,1-3,6-7,9,25H2,(H2,26,27,28,29)/t16-,17+/m0/s1. The van der Waals surface area contributed by atoms with E-state index in [1.165, 1.54) is 0 Å². The van der Waals surface area contributed by atoms with Gasteiger partial charge in [0.25, 0.3) is 0 Å². The Morgan fingerprint density at radius 1 is 1.16 bits per heavy atom. The molecule has 0 radical (unpaired) electrons. The van der Waals surface area contributed by atoms with Crippen molar-refractivity contribution in [1.29, 1.82) is 0 Å². The van der Waals surface area contributed by atoms with E-state index in [0.29, 0.717) is 5.69 Å². The largest absolute Gasteiger partial charge is 0.421 e. The quantitative estimate of drug-likeness (QED) is 0.664. The average Bonchev–Trinajstić information content (AvgIpc) is 3.26. The summed E-state index contributed by atoms with van der Waals surface area (Å²) in [6.45, 7) is -0.0255. The summed E-state index contributed by atoms with van der Waals surface area (Å²) in [5.74, 6) is -0.182. The second kappa shape index (κ2) is 7.37. The average molecular weight is 432 g/mol. The van der Waals surface area contributed by atoms with Crippen molar-refractivity contribution < 1.29 is 18.0 Å². The number of carbonyl (C=O) groups excluding carboxylic acids is 1. The number of nitrogens with zero attached hydrogens (tertiary/aromatic N) is 3. The second-order valence-corrected chi connectivity index (χ2v) is 8.31. The summed E-state index contributed by atoms with van der Waals surface area (Å²) in [5.41, 5.74) is 7.51. The van der Waals surface area contributed by atoms with E-state index in [0.717, 1.165) is 49.4 Å². The molecule has 3 aliphatic rings. The van der Waals surface area contributed by atoms with Gasteiger partial charge in [0.1, 0.15) is 11.4 Å². The van der Waals surface area contributed by atoms with Crippen molar-refractivity contribution in [1.82, 2.24) is 14.9 Å². The number of carbonyl (C=O) groups is 1. The van der Waals surface area contributed by atoms with Crippen LogP contribution in [0.4, 0.5) is 30.6 Å². The van der Waals surface area contributed by atoms with E-state index in [1.54, 1.807) is 0 Å². The molecular formula is C21H23F3N6O. The third-order valence-corrected chi connectivity index (χ3v) is 6.45. The van der Waals surface area contributed by atoms with Crippen LogP contribution in [0.3, 0.4) is 0 Å². The summed E-state index contributed by atoms with van der Waals surface area (Å²) >= 11 is 0. The number of benzene rings is 1. The maximum Gasteiger partial charge on any atom is 0.421 e. The molecule has 0 spiro atoms. The Kier molecular flexibility index (Phi) is 4.76. The van der Waals surface area contributed by atoms with Gasteiger partial charge in [-0.15, -0.1) is 0 Å². The van der Waals surface area contributed by atoms with Crippen LogP contribution in [-0.2, 0) is 11.0 Å². The summed E-state index contributed by atoms with van der Waals surface area (Å²) in [6.07, 6.45) is 0.721. The number of hydrogen-bond acceptors (Lipinski definition) is 6. The summed E-state index contributed by atoms with van der Waals surface area (Å²) in [7, 11) is 0. The minimum Gasteiger partial charge on any atom is -0.367 e. The van der Waals surface area contributed by atoms with Crippen LogP contribution in [0.25, 0.3) is 0 Å². The molecular weight excluding hydrogens is 409 g/mol. The molecule has 0 unspecified atom stereocenters. The van der Waals surface area contributed by atoms with Crippen molar-refractivity contribution in [2.75, 3.05) is 17.2 Å². The zero-order chi connectivity index (χ0) is 21.8. The number of halogens is 3. The molecule has 31 heavy (non-hydrogen) atoms. The number of aromatic nitrogens is 2. The SMILES string of the molecule is NCC(=O)N1[C@@H]2CC[C@H]1c1ccc(Nc3ncc(C(F)(F)F)c(NC4CCC4)n3)cc12. The predicted molar refractivity (Wildman–Crippen MR) is 109 cm³/mol. The fraction of sp³-hybridized carbons (Fsp3) is 0.476. The van der Waals surface area contributed by atoms with E-state index >= 15 is 0 Å². The molecule has 1 aromatic heterocycles. The van der Waals surface area contributed by atoms with Gasteiger partial charge >= 0.3 is 6.18 Å². The van der Waals surface area contributed by atoms with Crippen molar-refractivity contribution in [3.05, 3.63) is 41.1 Å². The molecule has 2 fully saturated rings. The number of rotatable bonds is 5. The van der Waals surface area contributed by atoms with E-state index in [2.05, 4.69) is 20.6 Å². The maximum absolute atomic E-state index is 13.4. The molecule has 7 nitrogen and oxygen atoms in total. The van der Waals surface area contributed by atoms with Crippen LogP contribution < -0.4 is 16.4 Å². The van der Waals surface area contributed by atoms with Crippen LogP contribution in [-0.4, -0.2) is 33.4 Å². The van der Waals surface area contributed by atoms with Crippen LogP contribution in [0.5, 0.6) is 0 Å². The first-order chi connectivity index (χ1) is 14.8. The van der Waals surface area contributed by atoms with E-state index < -0.39 is 11.7 Å². The molecule has 2 aliphatic heterocycles. The van der Waals surface area contributed by atoms with E-state index in [-0.39, 0.29) is 42.3 Å². The summed E-state index contributed by atoms with van der Waals surface area (Å²) in [4.78, 5) is 22.1. The number of alkyl halides is 3. The van der Waals surface area contributed by atoms with Gasteiger partial charge in [-0.25, -0.2) is 4.98 Å². The lowest BCUT2D eigenvalue weighted by Crippen LogP contribution is -2.33. The van der Waals surface area contributed by atoms with Gasteiger partial charge in [-0.05, 0) is 55.4 Å². The molecule has 164 valence electrons. The van der Waals surface area contributed by atoms with Gasteiger partial charge in [0, 0.05) is 17.9 Å². The van der Waals surface area contributed by atoms with Crippen molar-refractivity contribution in [3.8, 4) is 0 Å². The lowest BCUT2D eigenvalue weighted by Gasteiger charge is -2.28. The first-order valence-corrected chi connectivity index (χ1v) is 10.5. The molecule has 1 aliphatic carbocycles. The zero-order valence-electron chi connectivity index (χ0n) is 16.7. The topological polar surface area (TPSA) is 96.2 Å². The van der Waals surface area contributed by atoms with Crippen LogP contribution in [0.1, 0.15) is 60.9 Å². The Bertz CT molecular complexity index is 1020. The smallest absolute Gasteiger partial charge is 0.367 e. The highest BCUT2D eigenvalue weighted by Gasteiger charge is 2.45. The Morgan fingerprint density at radius 2 is 1.90 bits per heavy atom. The van der Waals surface area contributed by atoms with E-state index in [1.807, 2.05) is 23.1 Å². The second-order valence-electron chi connectivity index (χ2n) is 8.31. The number of nitrogens with two attached hydrogens (primary N) is 1. The maximum atomic E-state index is 13.4. The number of nitrogens with one attached hydrogen (secondary N) is 2. The van der Waals surface area contributed by atoms with Crippen molar-refractivity contribution in [2.24, 2.45) is 5.73 Å². The molecule has 2 bridgehead atoms. The molecule has 5 rings (SSSR count). The first kappa shape index (κ1) is 20.0. The minimum atomic E-state index is -4.53. The fourth-order valence-corrected chi connectivity index (χ4v) is 4.75. The Morgan fingerprint density at radius 3 is 2.55 bits per heavy atom. The highest BCUT2D eigenvalue weighted by Crippen LogP contribution is 2.53. The summed E-state index contributed by atoms with van der Waals surface area (Å²) in [5, 5.41) is 5.92. The first-order valence-electron chi connectivity index (χ1n) is 10.5. The van der Waals surface area contributed by atoms with Crippen molar-refractivity contribution in [2.45, 2.75) is 56.4 Å². The number of fused-ring (bicyclic) bond motifs is 5. The molecule has 1 saturated carbocycles. The molecule has 1 saturated heterocycles. The highest BCUT2D eigenvalue weighted by atomic mass is 19.4. The molecule has 2 atom stereocenters. The van der Waals surface area contributed by atoms with E-state index in [9.17, 15) is 18.0 Å². The predicted octanol–water partition coefficient (Wildman–Crippen LogP) is 3.88.